The maximum atomic E-state index is 15.4. The van der Waals surface area contributed by atoms with E-state index in [2.05, 4.69) is 20.6 Å². The smallest absolute Gasteiger partial charge is 0.255 e. The fraction of sp³-hybridized carbons (Fsp3) is 0.0857. The Bertz CT molecular complexity index is 2090. The Kier molecular flexibility index (Phi) is 8.64. The number of rotatable bonds is 10. The number of halogens is 2. The largest absolute Gasteiger partial charge is 0.493 e. The van der Waals surface area contributed by atoms with E-state index in [0.29, 0.717) is 40.4 Å². The zero-order chi connectivity index (χ0) is 32.0. The molecular weight excluding hydrogens is 592 g/mol. The minimum Gasteiger partial charge on any atom is -0.493 e. The molecule has 4 aromatic carbocycles. The first kappa shape index (κ1) is 29.9. The molecule has 0 unspecified atom stereocenters. The van der Waals surface area contributed by atoms with Crippen LogP contribution in [0, 0.1) is 11.6 Å². The van der Waals surface area contributed by atoms with Gasteiger partial charge >= 0.3 is 0 Å². The van der Waals surface area contributed by atoms with Gasteiger partial charge in [0.15, 0.2) is 11.5 Å². The summed E-state index contributed by atoms with van der Waals surface area (Å²) in [4.78, 5) is 34.1. The van der Waals surface area contributed by atoms with Gasteiger partial charge in [0.25, 0.3) is 11.5 Å². The summed E-state index contributed by atoms with van der Waals surface area (Å²) in [6.07, 6.45) is 2.70. The number of pyridine rings is 1. The molecule has 2 N–H and O–H groups in total. The molecule has 2 aromatic heterocycles. The molecule has 6 rings (SSSR count). The topological polar surface area (TPSA) is 107 Å². The predicted molar refractivity (Wildman–Crippen MR) is 170 cm³/mol. The highest BCUT2D eigenvalue weighted by Crippen LogP contribution is 2.35. The number of hydrogen-bond donors (Lipinski definition) is 2. The average Bonchev–Trinajstić information content (AvgIpc) is 3.08. The normalized spacial score (nSPS) is 10.8. The maximum Gasteiger partial charge on any atom is 0.255 e. The Morgan fingerprint density at radius 1 is 0.870 bits per heavy atom. The lowest BCUT2D eigenvalue weighted by molar-refractivity contribution is 0.0950. The van der Waals surface area contributed by atoms with Crippen LogP contribution in [-0.4, -0.2) is 27.6 Å². The zero-order valence-electron chi connectivity index (χ0n) is 24.5. The lowest BCUT2D eigenvalue weighted by Crippen LogP contribution is -2.26. The van der Waals surface area contributed by atoms with E-state index < -0.39 is 17.3 Å². The van der Waals surface area contributed by atoms with Crippen molar-refractivity contribution in [2.75, 3.05) is 12.4 Å². The molecule has 230 valence electrons. The summed E-state index contributed by atoms with van der Waals surface area (Å²) in [6, 6.07) is 25.7. The van der Waals surface area contributed by atoms with E-state index in [-0.39, 0.29) is 29.3 Å². The Morgan fingerprint density at radius 2 is 1.67 bits per heavy atom. The van der Waals surface area contributed by atoms with E-state index in [1.165, 1.54) is 60.6 Å². The number of nitrogens with one attached hydrogen (secondary N) is 2. The number of anilines is 2. The molecule has 0 aliphatic heterocycles. The monoisotopic (exact) mass is 619 g/mol. The highest BCUT2D eigenvalue weighted by atomic mass is 19.1. The molecule has 1 amide bonds. The van der Waals surface area contributed by atoms with Crippen LogP contribution in [0.4, 0.5) is 20.3 Å². The van der Waals surface area contributed by atoms with Gasteiger partial charge in [0.05, 0.1) is 29.6 Å². The minimum absolute atomic E-state index is 0.105. The van der Waals surface area contributed by atoms with Crippen molar-refractivity contribution in [3.05, 3.63) is 148 Å². The molecule has 0 saturated heterocycles. The Hall–Kier alpha value is -6.10. The van der Waals surface area contributed by atoms with Crippen LogP contribution in [0.5, 0.6) is 11.5 Å². The summed E-state index contributed by atoms with van der Waals surface area (Å²) in [7, 11) is 1.53. The van der Waals surface area contributed by atoms with Crippen molar-refractivity contribution in [2.24, 2.45) is 0 Å². The lowest BCUT2D eigenvalue weighted by atomic mass is 10.2. The van der Waals surface area contributed by atoms with Gasteiger partial charge in [-0.3, -0.25) is 14.2 Å². The number of hydrogen-bond acceptors (Lipinski definition) is 7. The number of carbonyl (C=O) groups excluding carboxylic acids is 1. The third-order valence-corrected chi connectivity index (χ3v) is 7.18. The van der Waals surface area contributed by atoms with Crippen LogP contribution in [0.25, 0.3) is 16.6 Å². The number of aromatic nitrogens is 3. The number of carbonyl (C=O) groups is 1. The van der Waals surface area contributed by atoms with Gasteiger partial charge < -0.3 is 20.1 Å². The Balaban J connectivity index is 1.21. The Labute approximate surface area is 262 Å². The van der Waals surface area contributed by atoms with Crippen molar-refractivity contribution < 1.29 is 23.0 Å². The van der Waals surface area contributed by atoms with Crippen LogP contribution in [-0.2, 0) is 13.2 Å². The Morgan fingerprint density at radius 3 is 2.43 bits per heavy atom. The van der Waals surface area contributed by atoms with E-state index in [0.717, 1.165) is 5.56 Å². The number of benzene rings is 4. The van der Waals surface area contributed by atoms with Crippen LogP contribution in [0.1, 0.15) is 21.5 Å². The van der Waals surface area contributed by atoms with Crippen molar-refractivity contribution in [2.45, 2.75) is 13.2 Å². The van der Waals surface area contributed by atoms with Crippen molar-refractivity contribution in [3.63, 3.8) is 0 Å². The molecule has 0 radical (unpaired) electrons. The van der Waals surface area contributed by atoms with Gasteiger partial charge in [-0.15, -0.1) is 0 Å². The van der Waals surface area contributed by atoms with Crippen LogP contribution in [0.3, 0.4) is 0 Å². The molecule has 2 heterocycles. The van der Waals surface area contributed by atoms with Gasteiger partial charge in [-0.05, 0) is 47.5 Å². The van der Waals surface area contributed by atoms with E-state index in [1.807, 2.05) is 30.3 Å². The molecule has 9 nitrogen and oxygen atoms in total. The molecule has 11 heteroatoms. The molecule has 0 saturated carbocycles. The summed E-state index contributed by atoms with van der Waals surface area (Å²) < 4.78 is 41.3. The first-order valence-corrected chi connectivity index (χ1v) is 14.2. The SMILES string of the molecule is COc1cc2c(Nc3ccc(-n4cc(C(=O)NCc5ccc(F)cc5)ccc4=O)cc3F)ncnc2cc1OCc1ccccc1. The third-order valence-electron chi connectivity index (χ3n) is 7.18. The molecule has 0 atom stereocenters. The van der Waals surface area contributed by atoms with E-state index in [1.54, 1.807) is 30.3 Å². The van der Waals surface area contributed by atoms with Gasteiger partial charge in [-0.1, -0.05) is 42.5 Å². The number of methoxy groups -OCH3 is 1. The van der Waals surface area contributed by atoms with E-state index in [9.17, 15) is 14.0 Å². The first-order valence-electron chi connectivity index (χ1n) is 14.2. The van der Waals surface area contributed by atoms with Gasteiger partial charge in [0.1, 0.15) is 30.4 Å². The number of ether oxygens (including phenoxy) is 2. The summed E-state index contributed by atoms with van der Waals surface area (Å²) in [6.45, 7) is 0.502. The van der Waals surface area contributed by atoms with Crippen LogP contribution < -0.4 is 25.7 Å². The molecule has 0 spiro atoms. The van der Waals surface area contributed by atoms with Gasteiger partial charge in [-0.25, -0.2) is 18.7 Å². The summed E-state index contributed by atoms with van der Waals surface area (Å²) in [5.74, 6) is -0.191. The van der Waals surface area contributed by atoms with Crippen LogP contribution >= 0.6 is 0 Å². The van der Waals surface area contributed by atoms with Gasteiger partial charge in [0.2, 0.25) is 0 Å². The summed E-state index contributed by atoms with van der Waals surface area (Å²) in [5.41, 5.74) is 2.32. The molecular formula is C35H27F2N5O4. The number of amides is 1. The van der Waals surface area contributed by atoms with Crippen molar-refractivity contribution in [1.82, 2.24) is 19.9 Å². The number of nitrogens with zero attached hydrogens (tertiary/aromatic N) is 3. The van der Waals surface area contributed by atoms with Gasteiger partial charge in [0, 0.05) is 36.3 Å². The lowest BCUT2D eigenvalue weighted by Gasteiger charge is -2.15. The molecule has 46 heavy (non-hydrogen) atoms. The summed E-state index contributed by atoms with van der Waals surface area (Å²) in [5, 5.41) is 6.31. The van der Waals surface area contributed by atoms with Crippen molar-refractivity contribution >= 4 is 28.3 Å². The van der Waals surface area contributed by atoms with Crippen LogP contribution in [0.2, 0.25) is 0 Å². The molecule has 0 aliphatic rings. The second-order valence-electron chi connectivity index (χ2n) is 10.2. The van der Waals surface area contributed by atoms with E-state index >= 15 is 4.39 Å². The van der Waals surface area contributed by atoms with Crippen molar-refractivity contribution in [3.8, 4) is 17.2 Å². The number of fused-ring (bicyclic) bond motifs is 1. The predicted octanol–water partition coefficient (Wildman–Crippen LogP) is 6.32. The standard InChI is InChI=1S/C35H27F2N5O4/c1-45-31-16-27-30(17-32(31)46-20-23-5-3-2-4-6-23)39-21-40-34(27)41-29-13-12-26(15-28(29)37)42-19-24(9-14-33(42)43)35(44)38-18-22-7-10-25(36)11-8-22/h2-17,19,21H,18,20H2,1H3,(H,38,44)(H,39,40,41). The molecule has 0 bridgehead atoms. The summed E-state index contributed by atoms with van der Waals surface area (Å²) >= 11 is 0. The van der Waals surface area contributed by atoms with Gasteiger partial charge in [-0.2, -0.15) is 0 Å². The molecule has 0 fully saturated rings. The quantitative estimate of drug-likeness (QED) is 0.185. The third kappa shape index (κ3) is 6.68. The molecule has 6 aromatic rings. The minimum atomic E-state index is -0.655. The van der Waals surface area contributed by atoms with E-state index in [4.69, 9.17) is 9.47 Å². The zero-order valence-corrected chi connectivity index (χ0v) is 24.5. The second-order valence-corrected chi connectivity index (χ2v) is 10.2. The average molecular weight is 620 g/mol. The first-order chi connectivity index (χ1) is 22.4. The van der Waals surface area contributed by atoms with Crippen molar-refractivity contribution in [1.29, 1.82) is 0 Å². The highest BCUT2D eigenvalue weighted by Gasteiger charge is 2.15. The van der Waals surface area contributed by atoms with Crippen LogP contribution in [0.15, 0.2) is 114 Å². The highest BCUT2D eigenvalue weighted by molar-refractivity contribution is 5.94. The maximum absolute atomic E-state index is 15.4. The fourth-order valence-corrected chi connectivity index (χ4v) is 4.76. The fourth-order valence-electron chi connectivity index (χ4n) is 4.76. The molecule has 0 aliphatic carbocycles. The second kappa shape index (κ2) is 13.3.